The normalized spacial score (nSPS) is 12.2. The molecule has 0 amide bonds. The van der Waals surface area contributed by atoms with Crippen LogP contribution in [0.1, 0.15) is 102 Å². The van der Waals surface area contributed by atoms with Crippen LogP contribution in [0.15, 0.2) is 30.3 Å². The molecular formula is C22H36O2. The van der Waals surface area contributed by atoms with Crippen LogP contribution in [-0.4, -0.2) is 11.1 Å². The van der Waals surface area contributed by atoms with Crippen LogP contribution in [0, 0.1) is 0 Å². The van der Waals surface area contributed by atoms with Gasteiger partial charge in [-0.3, -0.25) is 4.79 Å². The number of hydrogen-bond donors (Lipinski definition) is 1. The predicted octanol–water partition coefficient (Wildman–Crippen LogP) is 6.95. The van der Waals surface area contributed by atoms with Crippen molar-refractivity contribution in [2.45, 2.75) is 96.3 Å². The molecule has 0 fully saturated rings. The highest BCUT2D eigenvalue weighted by molar-refractivity contribution is 5.75. The van der Waals surface area contributed by atoms with Gasteiger partial charge in [-0.2, -0.15) is 0 Å². The molecule has 0 saturated carbocycles. The van der Waals surface area contributed by atoms with Gasteiger partial charge >= 0.3 is 5.97 Å². The van der Waals surface area contributed by atoms with Crippen molar-refractivity contribution in [3.05, 3.63) is 35.9 Å². The van der Waals surface area contributed by atoms with E-state index in [1.54, 1.807) is 0 Å². The molecule has 0 aliphatic carbocycles. The van der Waals surface area contributed by atoms with Gasteiger partial charge in [-0.25, -0.2) is 0 Å². The first kappa shape index (κ1) is 20.7. The molecule has 0 aliphatic rings. The molecule has 0 spiro atoms. The van der Waals surface area contributed by atoms with E-state index in [1.165, 1.54) is 64.2 Å². The summed E-state index contributed by atoms with van der Waals surface area (Å²) >= 11 is 0. The average Bonchev–Trinajstić information content (AvgIpc) is 2.59. The lowest BCUT2D eigenvalue weighted by atomic mass is 9.93. The fourth-order valence-electron chi connectivity index (χ4n) is 3.31. The van der Waals surface area contributed by atoms with E-state index in [2.05, 4.69) is 6.92 Å². The van der Waals surface area contributed by atoms with E-state index in [-0.39, 0.29) is 5.92 Å². The minimum Gasteiger partial charge on any atom is -0.481 e. The zero-order valence-electron chi connectivity index (χ0n) is 15.5. The predicted molar refractivity (Wildman–Crippen MR) is 103 cm³/mol. The van der Waals surface area contributed by atoms with Gasteiger partial charge in [-0.15, -0.1) is 0 Å². The second-order valence-electron chi connectivity index (χ2n) is 6.98. The van der Waals surface area contributed by atoms with Gasteiger partial charge in [0.05, 0.1) is 5.92 Å². The van der Waals surface area contributed by atoms with Crippen LogP contribution in [0.25, 0.3) is 0 Å². The number of benzene rings is 1. The lowest BCUT2D eigenvalue weighted by Gasteiger charge is -2.12. The van der Waals surface area contributed by atoms with E-state index in [0.717, 1.165) is 24.8 Å². The Morgan fingerprint density at radius 2 is 1.25 bits per heavy atom. The third-order valence-electron chi connectivity index (χ3n) is 4.85. The first-order chi connectivity index (χ1) is 11.8. The van der Waals surface area contributed by atoms with Crippen molar-refractivity contribution in [3.8, 4) is 0 Å². The number of carboxylic acid groups (broad SMARTS) is 1. The summed E-state index contributed by atoms with van der Waals surface area (Å²) in [6.07, 6.45) is 16.5. The third kappa shape index (κ3) is 9.75. The van der Waals surface area contributed by atoms with Gasteiger partial charge < -0.3 is 5.11 Å². The number of carbonyl (C=O) groups is 1. The maximum atomic E-state index is 11.4. The van der Waals surface area contributed by atoms with E-state index in [1.807, 2.05) is 30.3 Å². The molecule has 1 unspecified atom stereocenters. The van der Waals surface area contributed by atoms with E-state index in [0.29, 0.717) is 0 Å². The largest absolute Gasteiger partial charge is 0.481 e. The average molecular weight is 333 g/mol. The Hall–Kier alpha value is -1.31. The Kier molecular flexibility index (Phi) is 12.2. The minimum atomic E-state index is -0.690. The van der Waals surface area contributed by atoms with E-state index in [4.69, 9.17) is 0 Å². The molecule has 1 atom stereocenters. The zero-order chi connectivity index (χ0) is 17.5. The number of hydrogen-bond acceptors (Lipinski definition) is 1. The van der Waals surface area contributed by atoms with Crippen LogP contribution in [0.2, 0.25) is 0 Å². The van der Waals surface area contributed by atoms with E-state index in [9.17, 15) is 9.90 Å². The summed E-state index contributed by atoms with van der Waals surface area (Å²) in [7, 11) is 0. The van der Waals surface area contributed by atoms with Gasteiger partial charge in [-0.05, 0) is 12.0 Å². The van der Waals surface area contributed by atoms with Crippen molar-refractivity contribution in [1.29, 1.82) is 0 Å². The molecular weight excluding hydrogens is 296 g/mol. The number of unbranched alkanes of at least 4 members (excludes halogenated alkanes) is 11. The summed E-state index contributed by atoms with van der Waals surface area (Å²) in [5, 5.41) is 9.40. The Morgan fingerprint density at radius 3 is 1.71 bits per heavy atom. The van der Waals surface area contributed by atoms with Crippen molar-refractivity contribution in [2.75, 3.05) is 0 Å². The zero-order valence-corrected chi connectivity index (χ0v) is 15.5. The Labute approximate surface area is 148 Å². The van der Waals surface area contributed by atoms with Crippen LogP contribution >= 0.6 is 0 Å². The summed E-state index contributed by atoms with van der Waals surface area (Å²) in [5.41, 5.74) is 0.938. The molecule has 1 N–H and O–H groups in total. The smallest absolute Gasteiger partial charge is 0.310 e. The maximum Gasteiger partial charge on any atom is 0.310 e. The van der Waals surface area contributed by atoms with E-state index >= 15 is 0 Å². The Balaban J connectivity index is 2.00. The van der Waals surface area contributed by atoms with Crippen LogP contribution in [0.3, 0.4) is 0 Å². The molecule has 24 heavy (non-hydrogen) atoms. The number of carboxylic acids is 1. The van der Waals surface area contributed by atoms with Crippen molar-refractivity contribution in [3.63, 3.8) is 0 Å². The Bertz CT molecular complexity index is 413. The molecule has 0 radical (unpaired) electrons. The standard InChI is InChI=1S/C22H36O2/c1-2-3-4-5-6-7-8-9-10-11-12-16-19-21(22(23)24)20-17-14-13-15-18-20/h13-15,17-18,21H,2-12,16,19H2,1H3,(H,23,24). The highest BCUT2D eigenvalue weighted by Gasteiger charge is 2.18. The van der Waals surface area contributed by atoms with Gasteiger partial charge in [0.1, 0.15) is 0 Å². The molecule has 2 heteroatoms. The quantitative estimate of drug-likeness (QED) is 0.353. The molecule has 2 nitrogen and oxygen atoms in total. The molecule has 1 aromatic carbocycles. The van der Waals surface area contributed by atoms with Gasteiger partial charge in [0, 0.05) is 0 Å². The molecule has 0 aliphatic heterocycles. The third-order valence-corrected chi connectivity index (χ3v) is 4.85. The van der Waals surface area contributed by atoms with Gasteiger partial charge in [0.2, 0.25) is 0 Å². The highest BCUT2D eigenvalue weighted by atomic mass is 16.4. The number of rotatable bonds is 15. The lowest BCUT2D eigenvalue weighted by molar-refractivity contribution is -0.139. The van der Waals surface area contributed by atoms with Crippen LogP contribution < -0.4 is 0 Å². The molecule has 1 rings (SSSR count). The first-order valence-electron chi connectivity index (χ1n) is 10.0. The summed E-state index contributed by atoms with van der Waals surface area (Å²) in [6, 6.07) is 9.64. The van der Waals surface area contributed by atoms with Crippen LogP contribution in [0.4, 0.5) is 0 Å². The van der Waals surface area contributed by atoms with Crippen LogP contribution in [-0.2, 0) is 4.79 Å². The fraction of sp³-hybridized carbons (Fsp3) is 0.682. The van der Waals surface area contributed by atoms with Crippen LogP contribution in [0.5, 0.6) is 0 Å². The Morgan fingerprint density at radius 1 is 0.792 bits per heavy atom. The number of aliphatic carboxylic acids is 1. The van der Waals surface area contributed by atoms with Crippen molar-refractivity contribution < 1.29 is 9.90 Å². The SMILES string of the molecule is CCCCCCCCCCCCCCC(C(=O)O)c1ccccc1. The lowest BCUT2D eigenvalue weighted by Crippen LogP contribution is -2.11. The van der Waals surface area contributed by atoms with Crippen molar-refractivity contribution >= 4 is 5.97 Å². The molecule has 136 valence electrons. The summed E-state index contributed by atoms with van der Waals surface area (Å²) in [5.74, 6) is -1.03. The molecule has 0 saturated heterocycles. The fourth-order valence-corrected chi connectivity index (χ4v) is 3.31. The first-order valence-corrected chi connectivity index (χ1v) is 10.0. The van der Waals surface area contributed by atoms with Gasteiger partial charge in [-0.1, -0.05) is 114 Å². The topological polar surface area (TPSA) is 37.3 Å². The van der Waals surface area contributed by atoms with Gasteiger partial charge in [0.25, 0.3) is 0 Å². The molecule has 1 aromatic rings. The second-order valence-corrected chi connectivity index (χ2v) is 6.98. The molecule has 0 bridgehead atoms. The van der Waals surface area contributed by atoms with Crippen molar-refractivity contribution in [2.24, 2.45) is 0 Å². The molecule has 0 aromatic heterocycles. The summed E-state index contributed by atoms with van der Waals surface area (Å²) in [4.78, 5) is 11.4. The van der Waals surface area contributed by atoms with Gasteiger partial charge in [0.15, 0.2) is 0 Å². The maximum absolute atomic E-state index is 11.4. The van der Waals surface area contributed by atoms with Crippen molar-refractivity contribution in [1.82, 2.24) is 0 Å². The van der Waals surface area contributed by atoms with E-state index < -0.39 is 5.97 Å². The molecule has 0 heterocycles. The minimum absolute atomic E-state index is 0.339. The summed E-state index contributed by atoms with van der Waals surface area (Å²) < 4.78 is 0. The highest BCUT2D eigenvalue weighted by Crippen LogP contribution is 2.23. The second kappa shape index (κ2) is 14.1. The summed E-state index contributed by atoms with van der Waals surface area (Å²) in [6.45, 7) is 2.26. The monoisotopic (exact) mass is 332 g/mol.